The third-order valence-electron chi connectivity index (χ3n) is 3.97. The number of benzene rings is 1. The molecule has 0 aliphatic carbocycles. The van der Waals surface area contributed by atoms with Crippen molar-refractivity contribution >= 4 is 0 Å². The number of ether oxygens (including phenoxy) is 1. The zero-order valence-corrected chi connectivity index (χ0v) is 12.1. The van der Waals surface area contributed by atoms with Crippen LogP contribution in [0.25, 0.3) is 0 Å². The largest absolute Gasteiger partial charge is 0.491 e. The molecule has 0 aromatic heterocycles. The average Bonchev–Trinajstić information content (AvgIpc) is 2.62. The smallest absolute Gasteiger partial charge is 0.190 e. The van der Waals surface area contributed by atoms with E-state index in [-0.39, 0.29) is 12.4 Å². The SMILES string of the molecule is COc1c(F)cc(CN2CCC[C@@](O)(CO)CC2)cc1F. The van der Waals surface area contributed by atoms with E-state index in [1.807, 2.05) is 4.90 Å². The maximum Gasteiger partial charge on any atom is 0.190 e. The zero-order valence-electron chi connectivity index (χ0n) is 12.1. The molecule has 0 spiro atoms. The molecule has 1 saturated heterocycles. The number of aliphatic hydroxyl groups excluding tert-OH is 1. The van der Waals surface area contributed by atoms with Gasteiger partial charge in [-0.25, -0.2) is 8.78 Å². The van der Waals surface area contributed by atoms with Gasteiger partial charge in [0.1, 0.15) is 0 Å². The Labute approximate surface area is 123 Å². The summed E-state index contributed by atoms with van der Waals surface area (Å²) in [5.41, 5.74) is -0.509. The van der Waals surface area contributed by atoms with Crippen molar-refractivity contribution in [3.05, 3.63) is 29.3 Å². The van der Waals surface area contributed by atoms with Gasteiger partial charge >= 0.3 is 0 Å². The fourth-order valence-electron chi connectivity index (χ4n) is 2.71. The zero-order chi connectivity index (χ0) is 15.5. The minimum absolute atomic E-state index is 0.257. The van der Waals surface area contributed by atoms with Crippen molar-refractivity contribution in [3.8, 4) is 5.75 Å². The third kappa shape index (κ3) is 3.90. The summed E-state index contributed by atoms with van der Waals surface area (Å²) in [6.45, 7) is 1.44. The molecule has 0 amide bonds. The fraction of sp³-hybridized carbons (Fsp3) is 0.600. The molecule has 0 unspecified atom stereocenters. The van der Waals surface area contributed by atoms with Gasteiger partial charge in [-0.15, -0.1) is 0 Å². The van der Waals surface area contributed by atoms with Gasteiger partial charge in [0.2, 0.25) is 0 Å². The molecule has 0 saturated carbocycles. The van der Waals surface area contributed by atoms with Crippen molar-refractivity contribution < 1.29 is 23.7 Å². The fourth-order valence-corrected chi connectivity index (χ4v) is 2.71. The van der Waals surface area contributed by atoms with E-state index in [1.165, 1.54) is 19.2 Å². The van der Waals surface area contributed by atoms with Gasteiger partial charge in [-0.1, -0.05) is 0 Å². The molecule has 118 valence electrons. The first-order valence-electron chi connectivity index (χ1n) is 7.05. The molecule has 0 bridgehead atoms. The Kier molecular flexibility index (Phi) is 5.13. The third-order valence-corrected chi connectivity index (χ3v) is 3.97. The molecule has 4 nitrogen and oxygen atoms in total. The monoisotopic (exact) mass is 301 g/mol. The summed E-state index contributed by atoms with van der Waals surface area (Å²) in [5, 5.41) is 19.3. The Morgan fingerprint density at radius 2 is 1.90 bits per heavy atom. The molecule has 2 N–H and O–H groups in total. The molecule has 1 atom stereocenters. The van der Waals surface area contributed by atoms with Crippen LogP contribution in [0.3, 0.4) is 0 Å². The lowest BCUT2D eigenvalue weighted by molar-refractivity contribution is -0.0255. The van der Waals surface area contributed by atoms with Crippen LogP contribution in [0.1, 0.15) is 24.8 Å². The molecule has 6 heteroatoms. The Bertz CT molecular complexity index is 475. The second-order valence-corrected chi connectivity index (χ2v) is 5.60. The van der Waals surface area contributed by atoms with E-state index in [1.54, 1.807) is 0 Å². The summed E-state index contributed by atoms with van der Waals surface area (Å²) in [5.74, 6) is -1.80. The second-order valence-electron chi connectivity index (χ2n) is 5.60. The van der Waals surface area contributed by atoms with Crippen molar-refractivity contribution in [3.63, 3.8) is 0 Å². The van der Waals surface area contributed by atoms with Gasteiger partial charge < -0.3 is 14.9 Å². The first-order valence-corrected chi connectivity index (χ1v) is 7.05. The normalized spacial score (nSPS) is 23.9. The summed E-state index contributed by atoms with van der Waals surface area (Å²) in [6, 6.07) is 2.54. The highest BCUT2D eigenvalue weighted by atomic mass is 19.1. The van der Waals surface area contributed by atoms with E-state index in [9.17, 15) is 19.0 Å². The van der Waals surface area contributed by atoms with Crippen molar-refractivity contribution in [2.75, 3.05) is 26.8 Å². The van der Waals surface area contributed by atoms with E-state index in [0.29, 0.717) is 31.5 Å². The van der Waals surface area contributed by atoms with E-state index in [4.69, 9.17) is 0 Å². The first kappa shape index (κ1) is 16.1. The molecule has 1 fully saturated rings. The van der Waals surface area contributed by atoms with Crippen LogP contribution in [-0.2, 0) is 6.54 Å². The van der Waals surface area contributed by atoms with Crippen LogP contribution in [0.5, 0.6) is 5.75 Å². The summed E-state index contributed by atoms with van der Waals surface area (Å²) >= 11 is 0. The molecule has 1 aliphatic heterocycles. The summed E-state index contributed by atoms with van der Waals surface area (Å²) in [7, 11) is 1.23. The Hall–Kier alpha value is -1.24. The minimum Gasteiger partial charge on any atom is -0.491 e. The lowest BCUT2D eigenvalue weighted by Crippen LogP contribution is -2.34. The van der Waals surface area contributed by atoms with Gasteiger partial charge in [0.05, 0.1) is 19.3 Å². The van der Waals surface area contributed by atoms with Gasteiger partial charge in [0.15, 0.2) is 17.4 Å². The number of hydrogen-bond donors (Lipinski definition) is 2. The molecule has 2 rings (SSSR count). The predicted octanol–water partition coefficient (Wildman–Crippen LogP) is 1.68. The van der Waals surface area contributed by atoms with Crippen molar-refractivity contribution in [2.24, 2.45) is 0 Å². The van der Waals surface area contributed by atoms with Crippen LogP contribution in [0.2, 0.25) is 0 Å². The Morgan fingerprint density at radius 3 is 2.48 bits per heavy atom. The number of aliphatic hydroxyl groups is 2. The van der Waals surface area contributed by atoms with E-state index in [0.717, 1.165) is 13.0 Å². The molecular formula is C15H21F2NO3. The maximum absolute atomic E-state index is 13.7. The topological polar surface area (TPSA) is 52.9 Å². The Balaban J connectivity index is 2.05. The number of nitrogens with zero attached hydrogens (tertiary/aromatic N) is 1. The second kappa shape index (κ2) is 6.68. The molecule has 0 radical (unpaired) electrons. The van der Waals surface area contributed by atoms with Gasteiger partial charge in [-0.05, 0) is 43.5 Å². The van der Waals surface area contributed by atoms with Crippen LogP contribution in [0.4, 0.5) is 8.78 Å². The number of rotatable bonds is 4. The molecule has 1 aliphatic rings. The van der Waals surface area contributed by atoms with Crippen LogP contribution < -0.4 is 4.74 Å². The lowest BCUT2D eigenvalue weighted by atomic mass is 9.96. The van der Waals surface area contributed by atoms with Gasteiger partial charge in [-0.2, -0.15) is 0 Å². The van der Waals surface area contributed by atoms with Gasteiger partial charge in [-0.3, -0.25) is 4.90 Å². The number of likely N-dealkylation sites (tertiary alicyclic amines) is 1. The van der Waals surface area contributed by atoms with Crippen LogP contribution in [0, 0.1) is 11.6 Å². The highest BCUT2D eigenvalue weighted by Crippen LogP contribution is 2.26. The molecule has 21 heavy (non-hydrogen) atoms. The van der Waals surface area contributed by atoms with Crippen molar-refractivity contribution in [2.45, 2.75) is 31.4 Å². The Morgan fingerprint density at radius 1 is 1.24 bits per heavy atom. The highest BCUT2D eigenvalue weighted by Gasteiger charge is 2.29. The van der Waals surface area contributed by atoms with E-state index in [2.05, 4.69) is 4.74 Å². The van der Waals surface area contributed by atoms with Crippen LogP contribution >= 0.6 is 0 Å². The molecule has 1 heterocycles. The van der Waals surface area contributed by atoms with Crippen LogP contribution in [-0.4, -0.2) is 47.5 Å². The molecule has 1 aromatic rings. The summed E-state index contributed by atoms with van der Waals surface area (Å²) < 4.78 is 32.0. The van der Waals surface area contributed by atoms with Crippen LogP contribution in [0.15, 0.2) is 12.1 Å². The van der Waals surface area contributed by atoms with E-state index < -0.39 is 17.2 Å². The average molecular weight is 301 g/mol. The number of methoxy groups -OCH3 is 1. The molecular weight excluding hydrogens is 280 g/mol. The quantitative estimate of drug-likeness (QED) is 0.888. The standard InChI is InChI=1S/C15H21F2NO3/c1-21-14-12(16)7-11(8-13(14)17)9-18-5-2-3-15(20,10-19)4-6-18/h7-8,19-20H,2-6,9-10H2,1H3/t15-/m0/s1. The predicted molar refractivity (Wildman–Crippen MR) is 74.1 cm³/mol. The van der Waals surface area contributed by atoms with Crippen molar-refractivity contribution in [1.29, 1.82) is 0 Å². The molecule has 1 aromatic carbocycles. The number of halogens is 2. The lowest BCUT2D eigenvalue weighted by Gasteiger charge is -2.24. The summed E-state index contributed by atoms with van der Waals surface area (Å²) in [4.78, 5) is 2.02. The van der Waals surface area contributed by atoms with Crippen molar-refractivity contribution in [1.82, 2.24) is 4.90 Å². The minimum atomic E-state index is -1.04. The number of hydrogen-bond acceptors (Lipinski definition) is 4. The summed E-state index contributed by atoms with van der Waals surface area (Å²) in [6.07, 6.45) is 1.72. The van der Waals surface area contributed by atoms with Gasteiger partial charge in [0, 0.05) is 13.1 Å². The first-order chi connectivity index (χ1) is 9.97. The van der Waals surface area contributed by atoms with E-state index >= 15 is 0 Å². The highest BCUT2D eigenvalue weighted by molar-refractivity contribution is 5.31. The van der Waals surface area contributed by atoms with Gasteiger partial charge in [0.25, 0.3) is 0 Å². The maximum atomic E-state index is 13.7.